The summed E-state index contributed by atoms with van der Waals surface area (Å²) < 4.78 is 0. The van der Waals surface area contributed by atoms with E-state index in [0.29, 0.717) is 6.54 Å². The predicted octanol–water partition coefficient (Wildman–Crippen LogP) is 3.57. The zero-order valence-electron chi connectivity index (χ0n) is 12.8. The number of rotatable bonds is 4. The van der Waals surface area contributed by atoms with E-state index in [2.05, 4.69) is 60.4 Å². The molecular formula is C19H21NO2. The van der Waals surface area contributed by atoms with Crippen molar-refractivity contribution < 1.29 is 9.90 Å². The molecule has 1 aliphatic heterocycles. The Kier molecular flexibility index (Phi) is 4.25. The van der Waals surface area contributed by atoms with E-state index in [9.17, 15) is 4.79 Å². The topological polar surface area (TPSA) is 40.5 Å². The van der Waals surface area contributed by atoms with E-state index in [1.54, 1.807) is 0 Å². The lowest BCUT2D eigenvalue weighted by molar-refractivity contribution is -0.141. The van der Waals surface area contributed by atoms with E-state index >= 15 is 0 Å². The zero-order chi connectivity index (χ0) is 15.5. The quantitative estimate of drug-likeness (QED) is 0.937. The Bertz CT molecular complexity index is 681. The molecule has 1 unspecified atom stereocenters. The van der Waals surface area contributed by atoms with Gasteiger partial charge in [0.1, 0.15) is 0 Å². The summed E-state index contributed by atoms with van der Waals surface area (Å²) >= 11 is 0. The fourth-order valence-corrected chi connectivity index (χ4v) is 3.21. The Hall–Kier alpha value is -2.13. The summed E-state index contributed by atoms with van der Waals surface area (Å²) in [6, 6.07) is 16.8. The van der Waals surface area contributed by atoms with Crippen LogP contribution in [0, 0.1) is 12.8 Å². The number of benzene rings is 2. The Morgan fingerprint density at radius 2 is 1.82 bits per heavy atom. The zero-order valence-corrected chi connectivity index (χ0v) is 12.8. The fraction of sp³-hybridized carbons (Fsp3) is 0.316. The van der Waals surface area contributed by atoms with Gasteiger partial charge in [-0.3, -0.25) is 9.69 Å². The maximum atomic E-state index is 11.1. The first-order valence-electron chi connectivity index (χ1n) is 7.74. The third-order valence-electron chi connectivity index (χ3n) is 4.47. The molecule has 0 radical (unpaired) electrons. The summed E-state index contributed by atoms with van der Waals surface area (Å²) in [6.07, 6.45) is 0.752. The minimum atomic E-state index is -0.672. The Morgan fingerprint density at radius 3 is 2.50 bits per heavy atom. The molecule has 1 atom stereocenters. The molecule has 3 nitrogen and oxygen atoms in total. The molecule has 2 aromatic rings. The highest BCUT2D eigenvalue weighted by Crippen LogP contribution is 2.29. The van der Waals surface area contributed by atoms with Crippen molar-refractivity contribution in [1.29, 1.82) is 0 Å². The molecule has 3 rings (SSSR count). The van der Waals surface area contributed by atoms with Gasteiger partial charge in [-0.2, -0.15) is 0 Å². The highest BCUT2D eigenvalue weighted by atomic mass is 16.4. The van der Waals surface area contributed by atoms with Crippen LogP contribution in [0.1, 0.15) is 17.5 Å². The molecule has 1 aliphatic rings. The van der Waals surface area contributed by atoms with E-state index < -0.39 is 5.97 Å². The van der Waals surface area contributed by atoms with Gasteiger partial charge in [0.15, 0.2) is 0 Å². The van der Waals surface area contributed by atoms with Crippen molar-refractivity contribution in [2.75, 3.05) is 13.1 Å². The summed E-state index contributed by atoms with van der Waals surface area (Å²) in [7, 11) is 0. The molecule has 0 bridgehead atoms. The summed E-state index contributed by atoms with van der Waals surface area (Å²) in [5, 5.41) is 9.14. The van der Waals surface area contributed by atoms with Gasteiger partial charge in [0.05, 0.1) is 5.92 Å². The molecule has 1 fully saturated rings. The van der Waals surface area contributed by atoms with Gasteiger partial charge >= 0.3 is 5.97 Å². The first-order valence-corrected chi connectivity index (χ1v) is 7.74. The Balaban J connectivity index is 1.84. The van der Waals surface area contributed by atoms with Crippen LogP contribution in [0.3, 0.4) is 0 Å². The van der Waals surface area contributed by atoms with Crippen molar-refractivity contribution in [2.24, 2.45) is 5.92 Å². The Labute approximate surface area is 131 Å². The van der Waals surface area contributed by atoms with Crippen molar-refractivity contribution in [1.82, 2.24) is 4.90 Å². The monoisotopic (exact) mass is 295 g/mol. The second kappa shape index (κ2) is 6.32. The lowest BCUT2D eigenvalue weighted by Crippen LogP contribution is -2.23. The second-order valence-corrected chi connectivity index (χ2v) is 6.03. The molecular weight excluding hydrogens is 274 g/mol. The van der Waals surface area contributed by atoms with E-state index in [0.717, 1.165) is 19.5 Å². The van der Waals surface area contributed by atoms with E-state index in [-0.39, 0.29) is 5.92 Å². The predicted molar refractivity (Wildman–Crippen MR) is 87.6 cm³/mol. The van der Waals surface area contributed by atoms with Gasteiger partial charge < -0.3 is 5.11 Å². The van der Waals surface area contributed by atoms with Crippen LogP contribution >= 0.6 is 0 Å². The van der Waals surface area contributed by atoms with E-state index in [1.165, 1.54) is 22.3 Å². The normalized spacial score (nSPS) is 18.5. The van der Waals surface area contributed by atoms with E-state index in [4.69, 9.17) is 5.11 Å². The van der Waals surface area contributed by atoms with Crippen LogP contribution in [-0.4, -0.2) is 29.1 Å². The van der Waals surface area contributed by atoms with Gasteiger partial charge in [-0.05, 0) is 42.1 Å². The van der Waals surface area contributed by atoms with Gasteiger partial charge in [0.2, 0.25) is 0 Å². The van der Waals surface area contributed by atoms with Crippen LogP contribution in [-0.2, 0) is 11.3 Å². The van der Waals surface area contributed by atoms with Crippen LogP contribution in [0.5, 0.6) is 0 Å². The third kappa shape index (κ3) is 3.04. The summed E-state index contributed by atoms with van der Waals surface area (Å²) in [5.74, 6) is -0.889. The smallest absolute Gasteiger partial charge is 0.307 e. The molecule has 0 aliphatic carbocycles. The maximum Gasteiger partial charge on any atom is 0.307 e. The highest BCUT2D eigenvalue weighted by molar-refractivity contribution is 5.71. The summed E-state index contributed by atoms with van der Waals surface area (Å²) in [6.45, 7) is 4.45. The number of hydrogen-bond acceptors (Lipinski definition) is 2. The minimum Gasteiger partial charge on any atom is -0.481 e. The molecule has 1 N–H and O–H groups in total. The maximum absolute atomic E-state index is 11.1. The van der Waals surface area contributed by atoms with Crippen molar-refractivity contribution in [3.05, 3.63) is 59.7 Å². The van der Waals surface area contributed by atoms with Gasteiger partial charge in [0, 0.05) is 13.1 Å². The molecule has 0 amide bonds. The van der Waals surface area contributed by atoms with Crippen LogP contribution in [0.4, 0.5) is 0 Å². The van der Waals surface area contributed by atoms with Crippen LogP contribution in [0.25, 0.3) is 11.1 Å². The van der Waals surface area contributed by atoms with Crippen molar-refractivity contribution in [2.45, 2.75) is 19.9 Å². The molecule has 3 heteroatoms. The molecule has 0 aromatic heterocycles. The van der Waals surface area contributed by atoms with Crippen LogP contribution < -0.4 is 0 Å². The molecule has 1 heterocycles. The van der Waals surface area contributed by atoms with Crippen molar-refractivity contribution in [3.8, 4) is 11.1 Å². The molecule has 0 spiro atoms. The average Bonchev–Trinajstić information content (AvgIpc) is 2.97. The lowest BCUT2D eigenvalue weighted by atomic mass is 9.96. The number of likely N-dealkylation sites (tertiary alicyclic amines) is 1. The summed E-state index contributed by atoms with van der Waals surface area (Å²) in [5.41, 5.74) is 5.04. The number of hydrogen-bond donors (Lipinski definition) is 1. The molecule has 0 saturated carbocycles. The molecule has 1 saturated heterocycles. The number of carboxylic acid groups (broad SMARTS) is 1. The van der Waals surface area contributed by atoms with E-state index in [1.807, 2.05) is 0 Å². The van der Waals surface area contributed by atoms with Crippen LogP contribution in [0.2, 0.25) is 0 Å². The molecule has 114 valence electrons. The SMILES string of the molecule is Cc1ccccc1-c1ccccc1CN1CCC(C(=O)O)C1. The second-order valence-electron chi connectivity index (χ2n) is 6.03. The first-order chi connectivity index (χ1) is 10.6. The summed E-state index contributed by atoms with van der Waals surface area (Å²) in [4.78, 5) is 13.4. The lowest BCUT2D eigenvalue weighted by Gasteiger charge is -2.18. The number of carboxylic acids is 1. The number of carbonyl (C=O) groups is 1. The standard InChI is InChI=1S/C19H21NO2/c1-14-6-2-4-8-17(14)18-9-5-3-7-15(18)12-20-11-10-16(13-20)19(21)22/h2-9,16H,10-13H2,1H3,(H,21,22). The number of nitrogens with zero attached hydrogens (tertiary/aromatic N) is 1. The largest absolute Gasteiger partial charge is 0.481 e. The van der Waals surface area contributed by atoms with Crippen molar-refractivity contribution >= 4 is 5.97 Å². The fourth-order valence-electron chi connectivity index (χ4n) is 3.21. The molecule has 2 aromatic carbocycles. The first kappa shape index (κ1) is 14.8. The number of aryl methyl sites for hydroxylation is 1. The van der Waals surface area contributed by atoms with Gasteiger partial charge in [0.25, 0.3) is 0 Å². The van der Waals surface area contributed by atoms with Gasteiger partial charge in [-0.25, -0.2) is 0 Å². The van der Waals surface area contributed by atoms with Gasteiger partial charge in [-0.1, -0.05) is 48.5 Å². The highest BCUT2D eigenvalue weighted by Gasteiger charge is 2.28. The van der Waals surface area contributed by atoms with Gasteiger partial charge in [-0.15, -0.1) is 0 Å². The minimum absolute atomic E-state index is 0.217. The molecule has 22 heavy (non-hydrogen) atoms. The average molecular weight is 295 g/mol. The van der Waals surface area contributed by atoms with Crippen molar-refractivity contribution in [3.63, 3.8) is 0 Å². The number of aliphatic carboxylic acids is 1. The van der Waals surface area contributed by atoms with Crippen LogP contribution in [0.15, 0.2) is 48.5 Å². The third-order valence-corrected chi connectivity index (χ3v) is 4.47. The Morgan fingerprint density at radius 1 is 1.14 bits per heavy atom.